The van der Waals surface area contributed by atoms with Crippen LogP contribution in [0.25, 0.3) is 0 Å². The second-order valence-corrected chi connectivity index (χ2v) is 4.91. The highest BCUT2D eigenvalue weighted by molar-refractivity contribution is 5.92. The summed E-state index contributed by atoms with van der Waals surface area (Å²) < 4.78 is 26.6. The summed E-state index contributed by atoms with van der Waals surface area (Å²) in [7, 11) is 0. The molecule has 1 saturated carbocycles. The van der Waals surface area contributed by atoms with E-state index < -0.39 is 17.5 Å². The van der Waals surface area contributed by atoms with Gasteiger partial charge in [0.05, 0.1) is 6.54 Å². The van der Waals surface area contributed by atoms with E-state index in [1.54, 1.807) is 0 Å². The summed E-state index contributed by atoms with van der Waals surface area (Å²) in [6.45, 7) is 2.09. The molecule has 0 bridgehead atoms. The number of amides is 1. The van der Waals surface area contributed by atoms with Crippen LogP contribution in [0.5, 0.6) is 0 Å². The molecule has 2 N–H and O–H groups in total. The van der Waals surface area contributed by atoms with E-state index >= 15 is 0 Å². The van der Waals surface area contributed by atoms with E-state index in [9.17, 15) is 13.6 Å². The number of benzene rings is 1. The summed E-state index contributed by atoms with van der Waals surface area (Å²) in [6.07, 6.45) is 3.19. The van der Waals surface area contributed by atoms with E-state index in [1.165, 1.54) is 6.07 Å². The number of hydrogen-bond acceptors (Lipinski definition) is 2. The normalized spacial score (nSPS) is 17.1. The number of para-hydroxylation sites is 1. The summed E-state index contributed by atoms with van der Waals surface area (Å²) >= 11 is 0. The molecule has 0 radical (unpaired) electrons. The molecule has 0 saturated heterocycles. The molecule has 1 aliphatic carbocycles. The lowest BCUT2D eigenvalue weighted by atomic mass is 9.78. The van der Waals surface area contributed by atoms with E-state index in [-0.39, 0.29) is 17.8 Å². The fourth-order valence-corrected chi connectivity index (χ4v) is 1.98. The standard InChI is InChI=1S/C13H16F2N2O/c1-13(6-3-7-13)16-8-11(18)17-12-9(14)4-2-5-10(12)15/h2,4-5,16H,3,6-8H2,1H3,(H,17,18). The van der Waals surface area contributed by atoms with Crippen molar-refractivity contribution in [3.8, 4) is 0 Å². The van der Waals surface area contributed by atoms with Crippen molar-refractivity contribution in [2.45, 2.75) is 31.7 Å². The predicted molar refractivity (Wildman–Crippen MR) is 65.2 cm³/mol. The third-order valence-electron chi connectivity index (χ3n) is 3.36. The lowest BCUT2D eigenvalue weighted by Crippen LogP contribution is -2.50. The van der Waals surface area contributed by atoms with Gasteiger partial charge in [-0.1, -0.05) is 6.07 Å². The van der Waals surface area contributed by atoms with Crippen LogP contribution in [0.4, 0.5) is 14.5 Å². The highest BCUT2D eigenvalue weighted by Crippen LogP contribution is 2.30. The van der Waals surface area contributed by atoms with Gasteiger partial charge in [-0.15, -0.1) is 0 Å². The fourth-order valence-electron chi connectivity index (χ4n) is 1.98. The molecule has 0 unspecified atom stereocenters. The monoisotopic (exact) mass is 254 g/mol. The Kier molecular flexibility index (Phi) is 3.61. The summed E-state index contributed by atoms with van der Waals surface area (Å²) in [4.78, 5) is 11.6. The van der Waals surface area contributed by atoms with Crippen LogP contribution >= 0.6 is 0 Å². The highest BCUT2D eigenvalue weighted by atomic mass is 19.1. The molecule has 5 heteroatoms. The van der Waals surface area contributed by atoms with Crippen molar-refractivity contribution in [2.24, 2.45) is 0 Å². The number of anilines is 1. The Morgan fingerprint density at radius 2 is 1.94 bits per heavy atom. The highest BCUT2D eigenvalue weighted by Gasteiger charge is 2.31. The molecule has 0 spiro atoms. The minimum absolute atomic E-state index is 0.00881. The van der Waals surface area contributed by atoms with Crippen molar-refractivity contribution >= 4 is 11.6 Å². The van der Waals surface area contributed by atoms with Gasteiger partial charge < -0.3 is 10.6 Å². The van der Waals surface area contributed by atoms with Gasteiger partial charge in [-0.25, -0.2) is 8.78 Å². The van der Waals surface area contributed by atoms with Crippen LogP contribution in [0.3, 0.4) is 0 Å². The van der Waals surface area contributed by atoms with Gasteiger partial charge in [0.1, 0.15) is 17.3 Å². The first-order chi connectivity index (χ1) is 8.50. The van der Waals surface area contributed by atoms with E-state index in [4.69, 9.17) is 0 Å². The van der Waals surface area contributed by atoms with Gasteiger partial charge in [-0.3, -0.25) is 4.79 Å². The Balaban J connectivity index is 1.91. The molecule has 3 nitrogen and oxygen atoms in total. The topological polar surface area (TPSA) is 41.1 Å². The maximum Gasteiger partial charge on any atom is 0.238 e. The molecule has 1 aromatic carbocycles. The van der Waals surface area contributed by atoms with Crippen LogP contribution in [0.2, 0.25) is 0 Å². The number of halogens is 2. The van der Waals surface area contributed by atoms with Crippen molar-refractivity contribution in [3.05, 3.63) is 29.8 Å². The Bertz CT molecular complexity index is 438. The van der Waals surface area contributed by atoms with Crippen LogP contribution in [-0.2, 0) is 4.79 Å². The Morgan fingerprint density at radius 1 is 1.33 bits per heavy atom. The zero-order chi connectivity index (χ0) is 13.2. The van der Waals surface area contributed by atoms with Crippen molar-refractivity contribution in [1.29, 1.82) is 0 Å². The average molecular weight is 254 g/mol. The van der Waals surface area contributed by atoms with Crippen LogP contribution < -0.4 is 10.6 Å². The average Bonchev–Trinajstić information content (AvgIpc) is 2.29. The Hall–Kier alpha value is -1.49. The van der Waals surface area contributed by atoms with E-state index in [0.29, 0.717) is 0 Å². The minimum Gasteiger partial charge on any atom is -0.320 e. The molecule has 1 aliphatic rings. The fraction of sp³-hybridized carbons (Fsp3) is 0.462. The molecule has 0 aliphatic heterocycles. The van der Waals surface area contributed by atoms with Crippen molar-refractivity contribution in [3.63, 3.8) is 0 Å². The van der Waals surface area contributed by atoms with E-state index in [0.717, 1.165) is 31.4 Å². The number of carbonyl (C=O) groups excluding carboxylic acids is 1. The molecular formula is C13H16F2N2O. The van der Waals surface area contributed by atoms with Crippen molar-refractivity contribution in [2.75, 3.05) is 11.9 Å². The molecule has 1 aromatic rings. The maximum absolute atomic E-state index is 13.3. The van der Waals surface area contributed by atoms with Gasteiger partial charge in [0.25, 0.3) is 0 Å². The van der Waals surface area contributed by atoms with E-state index in [2.05, 4.69) is 10.6 Å². The Labute approximate surface area is 105 Å². The zero-order valence-electron chi connectivity index (χ0n) is 10.2. The number of hydrogen-bond donors (Lipinski definition) is 2. The van der Waals surface area contributed by atoms with Crippen molar-refractivity contribution < 1.29 is 13.6 Å². The van der Waals surface area contributed by atoms with Crippen LogP contribution in [-0.4, -0.2) is 18.0 Å². The molecule has 0 heterocycles. The number of nitrogens with one attached hydrogen (secondary N) is 2. The molecule has 1 amide bonds. The molecule has 98 valence electrons. The van der Waals surface area contributed by atoms with Gasteiger partial charge in [-0.05, 0) is 38.3 Å². The molecule has 18 heavy (non-hydrogen) atoms. The Morgan fingerprint density at radius 3 is 2.44 bits per heavy atom. The van der Waals surface area contributed by atoms with Crippen molar-refractivity contribution in [1.82, 2.24) is 5.32 Å². The second kappa shape index (κ2) is 5.02. The third-order valence-corrected chi connectivity index (χ3v) is 3.36. The summed E-state index contributed by atoms with van der Waals surface area (Å²) in [5, 5.41) is 5.35. The number of carbonyl (C=O) groups is 1. The van der Waals surface area contributed by atoms with Gasteiger partial charge in [0, 0.05) is 5.54 Å². The summed E-state index contributed by atoms with van der Waals surface area (Å²) in [5.74, 6) is -1.97. The van der Waals surface area contributed by atoms with Gasteiger partial charge in [0.2, 0.25) is 5.91 Å². The SMILES string of the molecule is CC1(NCC(=O)Nc2c(F)cccc2F)CCC1. The van der Waals surface area contributed by atoms with Crippen LogP contribution in [0.1, 0.15) is 26.2 Å². The van der Waals surface area contributed by atoms with Gasteiger partial charge in [0.15, 0.2) is 0 Å². The largest absolute Gasteiger partial charge is 0.320 e. The van der Waals surface area contributed by atoms with Crippen LogP contribution in [0.15, 0.2) is 18.2 Å². The molecule has 0 atom stereocenters. The maximum atomic E-state index is 13.3. The first-order valence-corrected chi connectivity index (χ1v) is 5.99. The molecule has 0 aromatic heterocycles. The lowest BCUT2D eigenvalue weighted by Gasteiger charge is -2.39. The van der Waals surface area contributed by atoms with E-state index in [1.807, 2.05) is 6.92 Å². The third kappa shape index (κ3) is 2.85. The first kappa shape index (κ1) is 13.0. The number of rotatable bonds is 4. The minimum atomic E-state index is -0.766. The van der Waals surface area contributed by atoms with Gasteiger partial charge >= 0.3 is 0 Å². The first-order valence-electron chi connectivity index (χ1n) is 5.99. The summed E-state index contributed by atoms with van der Waals surface area (Å²) in [6, 6.07) is 3.48. The van der Waals surface area contributed by atoms with Gasteiger partial charge in [-0.2, -0.15) is 0 Å². The molecule has 2 rings (SSSR count). The smallest absolute Gasteiger partial charge is 0.238 e. The summed E-state index contributed by atoms with van der Waals surface area (Å²) in [5.41, 5.74) is -0.395. The van der Waals surface area contributed by atoms with Crippen LogP contribution in [0, 0.1) is 11.6 Å². The second-order valence-electron chi connectivity index (χ2n) is 4.91. The quantitative estimate of drug-likeness (QED) is 0.866. The lowest BCUT2D eigenvalue weighted by molar-refractivity contribution is -0.116. The predicted octanol–water partition coefficient (Wildman–Crippen LogP) is 2.44. The molecule has 1 fully saturated rings. The molecular weight excluding hydrogens is 238 g/mol. The zero-order valence-corrected chi connectivity index (χ0v) is 10.2.